The Kier molecular flexibility index (Phi) is 10.3. The van der Waals surface area contributed by atoms with E-state index in [1.807, 2.05) is 6.92 Å². The quantitative estimate of drug-likeness (QED) is 0.183. The van der Waals surface area contributed by atoms with Gasteiger partial charge in [0.25, 0.3) is 0 Å². The third-order valence-electron chi connectivity index (χ3n) is 9.11. The monoisotopic (exact) mass is 606 g/mol. The molecule has 238 valence electrons. The number of fused-ring (bicyclic) bond motifs is 1. The molecule has 0 amide bonds. The number of carboxylic acids is 1. The number of aliphatic hydroxyl groups is 5. The Morgan fingerprint density at radius 1 is 1.19 bits per heavy atom. The molecule has 0 aliphatic carbocycles. The Balaban J connectivity index is 1.61. The van der Waals surface area contributed by atoms with Gasteiger partial charge < -0.3 is 50.0 Å². The van der Waals surface area contributed by atoms with Crippen LogP contribution in [0.25, 0.3) is 10.8 Å². The molecule has 8 atom stereocenters. The number of carbonyl (C=O) groups is 2. The lowest BCUT2D eigenvalue weighted by atomic mass is 9.73. The number of aromatic carboxylic acids is 1. The molecule has 7 N–H and O–H groups in total. The summed E-state index contributed by atoms with van der Waals surface area (Å²) in [5.74, 6) is -1.99. The van der Waals surface area contributed by atoms with Crippen molar-refractivity contribution in [2.45, 2.75) is 76.7 Å². The molecule has 4 rings (SSSR count). The fourth-order valence-corrected chi connectivity index (χ4v) is 6.71. The molecule has 2 aliphatic rings. The largest absolute Gasteiger partial charge is 0.506 e. The van der Waals surface area contributed by atoms with Crippen molar-refractivity contribution < 1.29 is 59.5 Å². The van der Waals surface area contributed by atoms with Crippen LogP contribution in [0.1, 0.15) is 65.8 Å². The van der Waals surface area contributed by atoms with Gasteiger partial charge in [0, 0.05) is 19.8 Å². The lowest BCUT2D eigenvalue weighted by molar-refractivity contribution is -0.315. The van der Waals surface area contributed by atoms with Gasteiger partial charge in [-0.3, -0.25) is 4.79 Å². The number of ketones is 1. The summed E-state index contributed by atoms with van der Waals surface area (Å²) in [5, 5.41) is 74.3. The van der Waals surface area contributed by atoms with E-state index in [-0.39, 0.29) is 58.4 Å². The van der Waals surface area contributed by atoms with E-state index in [4.69, 9.17) is 14.2 Å². The lowest BCUT2D eigenvalue weighted by Gasteiger charge is -2.48. The minimum atomic E-state index is -2.05. The molecule has 0 radical (unpaired) electrons. The number of ether oxygens (including phenoxy) is 3. The summed E-state index contributed by atoms with van der Waals surface area (Å²) in [6.07, 6.45) is -4.95. The Hall–Kier alpha value is -2.84. The molecule has 2 aromatic rings. The van der Waals surface area contributed by atoms with E-state index in [1.54, 1.807) is 6.92 Å². The van der Waals surface area contributed by atoms with E-state index in [1.165, 1.54) is 19.1 Å². The van der Waals surface area contributed by atoms with Gasteiger partial charge in [0.15, 0.2) is 5.78 Å². The van der Waals surface area contributed by atoms with E-state index in [0.29, 0.717) is 31.6 Å². The van der Waals surface area contributed by atoms with Crippen molar-refractivity contribution >= 4 is 22.5 Å². The first-order chi connectivity index (χ1) is 20.3. The summed E-state index contributed by atoms with van der Waals surface area (Å²) in [7, 11) is 0. The predicted molar refractivity (Wildman–Crippen MR) is 153 cm³/mol. The van der Waals surface area contributed by atoms with Gasteiger partial charge in [-0.05, 0) is 80.4 Å². The number of aryl methyl sites for hydroxylation is 1. The normalized spacial score (nSPS) is 30.2. The smallest absolute Gasteiger partial charge is 0.335 e. The van der Waals surface area contributed by atoms with Crippen molar-refractivity contribution in [2.75, 3.05) is 26.4 Å². The standard InChI is InChI=1S/C31H42O12/c1-15(21-6-9-41-14-18(21)5-8-32)4-7-31(40)23(13-33)43-30(27(36)28(31)37)42-22-12-20(29(38)39)11-19-10-16(2)24(17(3)34)26(35)25(19)22/h10-12,15,18,21,23,27-28,30,32-33,35-37,40H,4-9,13-14H2,1-3H3,(H,38,39). The highest BCUT2D eigenvalue weighted by atomic mass is 16.7. The Bertz CT molecular complexity index is 1320. The summed E-state index contributed by atoms with van der Waals surface area (Å²) in [6, 6.07) is 3.92. The SMILES string of the molecule is CC(=O)c1c(C)cc2cc(C(=O)O)cc(OC3OC(CO)C(O)(CCC(C)C4CCOCC4CCO)C(O)C3O)c2c1O. The second-order valence-electron chi connectivity index (χ2n) is 11.9. The van der Waals surface area contributed by atoms with Crippen LogP contribution in [-0.2, 0) is 9.47 Å². The number of Topliss-reactive ketones (excluding diaryl/α,β-unsaturated/α-hetero) is 1. The second kappa shape index (κ2) is 13.4. The average Bonchev–Trinajstić information content (AvgIpc) is 2.96. The summed E-state index contributed by atoms with van der Waals surface area (Å²) < 4.78 is 17.2. The maximum Gasteiger partial charge on any atom is 0.335 e. The van der Waals surface area contributed by atoms with E-state index in [9.17, 15) is 45.3 Å². The minimum Gasteiger partial charge on any atom is -0.506 e. The van der Waals surface area contributed by atoms with Crippen molar-refractivity contribution in [2.24, 2.45) is 17.8 Å². The fourth-order valence-electron chi connectivity index (χ4n) is 6.71. The highest BCUT2D eigenvalue weighted by Crippen LogP contribution is 2.42. The highest BCUT2D eigenvalue weighted by molar-refractivity contribution is 6.08. The van der Waals surface area contributed by atoms with Gasteiger partial charge in [0.1, 0.15) is 35.4 Å². The molecule has 2 heterocycles. The first-order valence-electron chi connectivity index (χ1n) is 14.6. The Morgan fingerprint density at radius 2 is 1.91 bits per heavy atom. The zero-order valence-corrected chi connectivity index (χ0v) is 24.6. The molecule has 12 nitrogen and oxygen atoms in total. The molecule has 12 heteroatoms. The maximum absolute atomic E-state index is 12.3. The molecule has 2 saturated heterocycles. The minimum absolute atomic E-state index is 0.00445. The van der Waals surface area contributed by atoms with Crippen molar-refractivity contribution in [3.05, 3.63) is 34.9 Å². The predicted octanol–water partition coefficient (Wildman–Crippen LogP) is 1.75. The van der Waals surface area contributed by atoms with Crippen molar-refractivity contribution in [1.82, 2.24) is 0 Å². The van der Waals surface area contributed by atoms with Gasteiger partial charge in [0.2, 0.25) is 6.29 Å². The number of benzene rings is 2. The highest BCUT2D eigenvalue weighted by Gasteiger charge is 2.55. The van der Waals surface area contributed by atoms with Gasteiger partial charge in [-0.25, -0.2) is 4.79 Å². The van der Waals surface area contributed by atoms with E-state index in [0.717, 1.165) is 12.5 Å². The average molecular weight is 607 g/mol. The summed E-state index contributed by atoms with van der Waals surface area (Å²) in [4.78, 5) is 24.1. The number of phenolic OH excluding ortho intramolecular Hbond substituents is 1. The van der Waals surface area contributed by atoms with Gasteiger partial charge in [-0.15, -0.1) is 0 Å². The van der Waals surface area contributed by atoms with E-state index < -0.39 is 54.3 Å². The molecule has 2 fully saturated rings. The Labute approximate surface area is 249 Å². The first-order valence-corrected chi connectivity index (χ1v) is 14.6. The van der Waals surface area contributed by atoms with Crippen LogP contribution in [0.4, 0.5) is 0 Å². The van der Waals surface area contributed by atoms with Crippen LogP contribution in [0.5, 0.6) is 11.5 Å². The van der Waals surface area contributed by atoms with Crippen LogP contribution < -0.4 is 4.74 Å². The van der Waals surface area contributed by atoms with Crippen LogP contribution in [0.15, 0.2) is 18.2 Å². The third-order valence-corrected chi connectivity index (χ3v) is 9.11. The number of carbonyl (C=O) groups excluding carboxylic acids is 1. The molecule has 8 unspecified atom stereocenters. The zero-order valence-electron chi connectivity index (χ0n) is 24.6. The number of carboxylic acid groups (broad SMARTS) is 1. The number of rotatable bonds is 11. The summed E-state index contributed by atoms with van der Waals surface area (Å²) >= 11 is 0. The van der Waals surface area contributed by atoms with Crippen LogP contribution in [0.2, 0.25) is 0 Å². The van der Waals surface area contributed by atoms with Gasteiger partial charge in [-0.1, -0.05) is 13.0 Å². The number of phenols is 1. The first kappa shape index (κ1) is 33.1. The van der Waals surface area contributed by atoms with Crippen LogP contribution in [-0.4, -0.2) is 104 Å². The van der Waals surface area contributed by atoms with Gasteiger partial charge in [-0.2, -0.15) is 0 Å². The maximum atomic E-state index is 12.3. The van der Waals surface area contributed by atoms with Gasteiger partial charge in [0.05, 0.1) is 23.1 Å². The number of hydrogen-bond acceptors (Lipinski definition) is 11. The molecule has 0 aromatic heterocycles. The topological polar surface area (TPSA) is 203 Å². The van der Waals surface area contributed by atoms with Gasteiger partial charge >= 0.3 is 5.97 Å². The molecular formula is C31H42O12. The van der Waals surface area contributed by atoms with Crippen LogP contribution in [0.3, 0.4) is 0 Å². The summed E-state index contributed by atoms with van der Waals surface area (Å²) in [5.41, 5.74) is -1.84. The zero-order chi connectivity index (χ0) is 31.6. The van der Waals surface area contributed by atoms with Crippen molar-refractivity contribution in [1.29, 1.82) is 0 Å². The molecule has 0 spiro atoms. The van der Waals surface area contributed by atoms with Crippen molar-refractivity contribution in [3.63, 3.8) is 0 Å². The molecule has 2 aliphatic heterocycles. The molecule has 2 aromatic carbocycles. The molecule has 0 saturated carbocycles. The van der Waals surface area contributed by atoms with E-state index in [2.05, 4.69) is 0 Å². The molecule has 0 bridgehead atoms. The van der Waals surface area contributed by atoms with Crippen LogP contribution >= 0.6 is 0 Å². The Morgan fingerprint density at radius 3 is 2.53 bits per heavy atom. The van der Waals surface area contributed by atoms with Crippen molar-refractivity contribution in [3.8, 4) is 11.5 Å². The second-order valence-corrected chi connectivity index (χ2v) is 11.9. The third kappa shape index (κ3) is 6.51. The number of hydrogen-bond donors (Lipinski definition) is 7. The fraction of sp³-hybridized carbons (Fsp3) is 0.613. The molecule has 43 heavy (non-hydrogen) atoms. The number of aromatic hydroxyl groups is 1. The summed E-state index contributed by atoms with van der Waals surface area (Å²) in [6.45, 7) is 5.30. The molecular weight excluding hydrogens is 564 g/mol. The number of aliphatic hydroxyl groups excluding tert-OH is 4. The van der Waals surface area contributed by atoms with Crippen LogP contribution in [0, 0.1) is 24.7 Å². The lowest BCUT2D eigenvalue weighted by Crippen LogP contribution is -2.67. The van der Waals surface area contributed by atoms with E-state index >= 15 is 0 Å².